The number of ether oxygens (including phenoxy) is 1. The van der Waals surface area contributed by atoms with Crippen molar-refractivity contribution in [3.05, 3.63) is 28.3 Å². The van der Waals surface area contributed by atoms with Crippen LogP contribution in [0.3, 0.4) is 0 Å². The highest BCUT2D eigenvalue weighted by Gasteiger charge is 2.37. The summed E-state index contributed by atoms with van der Waals surface area (Å²) >= 11 is 0. The number of nitrogens with zero attached hydrogens (tertiary/aromatic N) is 2. The first-order chi connectivity index (χ1) is 10.7. The topological polar surface area (TPSA) is 93.1 Å². The molecule has 1 aromatic carbocycles. The molecule has 7 nitrogen and oxygen atoms in total. The van der Waals surface area contributed by atoms with Crippen molar-refractivity contribution in [3.8, 4) is 0 Å². The number of aromatic nitrogens is 2. The van der Waals surface area contributed by atoms with E-state index in [-0.39, 0.29) is 5.69 Å². The van der Waals surface area contributed by atoms with Gasteiger partial charge in [-0.3, -0.25) is 10.1 Å². The van der Waals surface area contributed by atoms with Crippen molar-refractivity contribution in [2.24, 2.45) is 5.92 Å². The molecule has 0 bridgehead atoms. The number of fused-ring (bicyclic) bond motifs is 2. The highest BCUT2D eigenvalue weighted by Crippen LogP contribution is 2.35. The average molecular weight is 302 g/mol. The number of imidazole rings is 1. The Hall–Kier alpha value is -2.15. The van der Waals surface area contributed by atoms with Crippen molar-refractivity contribution in [1.29, 1.82) is 0 Å². The largest absolute Gasteiger partial charge is 0.378 e. The molecular formula is C15H18N4O3. The maximum absolute atomic E-state index is 10.8. The number of anilines is 1. The molecule has 3 unspecified atom stereocenters. The minimum Gasteiger partial charge on any atom is -0.378 e. The summed E-state index contributed by atoms with van der Waals surface area (Å²) in [6.45, 7) is 0.847. The van der Waals surface area contributed by atoms with E-state index in [1.165, 1.54) is 12.1 Å². The fraction of sp³-hybridized carbons (Fsp3) is 0.533. The van der Waals surface area contributed by atoms with Gasteiger partial charge < -0.3 is 15.0 Å². The molecule has 2 fully saturated rings. The molecule has 1 saturated carbocycles. The number of nitro groups is 1. The first-order valence-corrected chi connectivity index (χ1v) is 7.73. The fourth-order valence-electron chi connectivity index (χ4n) is 3.71. The van der Waals surface area contributed by atoms with E-state index in [4.69, 9.17) is 4.74 Å². The third-order valence-electron chi connectivity index (χ3n) is 4.78. The molecule has 0 spiro atoms. The third kappa shape index (κ3) is 2.31. The van der Waals surface area contributed by atoms with Crippen LogP contribution in [0.2, 0.25) is 0 Å². The third-order valence-corrected chi connectivity index (χ3v) is 4.78. The molecule has 0 amide bonds. The zero-order valence-corrected chi connectivity index (χ0v) is 12.1. The number of nitrogens with one attached hydrogen (secondary N) is 2. The van der Waals surface area contributed by atoms with Crippen LogP contribution in [-0.4, -0.2) is 33.6 Å². The minimum atomic E-state index is -0.394. The van der Waals surface area contributed by atoms with Gasteiger partial charge in [0.15, 0.2) is 0 Å². The van der Waals surface area contributed by atoms with E-state index in [0.717, 1.165) is 37.8 Å². The Morgan fingerprint density at radius 3 is 3.14 bits per heavy atom. The first-order valence-electron chi connectivity index (χ1n) is 7.73. The maximum Gasteiger partial charge on any atom is 0.271 e. The summed E-state index contributed by atoms with van der Waals surface area (Å²) in [5.41, 5.74) is 1.50. The summed E-state index contributed by atoms with van der Waals surface area (Å²) in [4.78, 5) is 18.1. The highest BCUT2D eigenvalue weighted by atomic mass is 16.6. The second-order valence-corrected chi connectivity index (χ2v) is 6.09. The number of aromatic amines is 1. The van der Waals surface area contributed by atoms with Crippen LogP contribution in [0, 0.1) is 16.0 Å². The minimum absolute atomic E-state index is 0.0737. The predicted octanol–water partition coefficient (Wildman–Crippen LogP) is 2.84. The van der Waals surface area contributed by atoms with Crippen LogP contribution in [0.5, 0.6) is 0 Å². The molecule has 2 N–H and O–H groups in total. The second kappa shape index (κ2) is 5.24. The predicted molar refractivity (Wildman–Crippen MR) is 81.9 cm³/mol. The molecule has 3 atom stereocenters. The van der Waals surface area contributed by atoms with E-state index in [9.17, 15) is 10.1 Å². The zero-order valence-electron chi connectivity index (χ0n) is 12.1. The van der Waals surface area contributed by atoms with Gasteiger partial charge >= 0.3 is 0 Å². The normalized spacial score (nSPS) is 27.7. The smallest absolute Gasteiger partial charge is 0.271 e. The Bertz CT molecular complexity index is 714. The molecule has 1 aliphatic heterocycles. The van der Waals surface area contributed by atoms with Gasteiger partial charge in [-0.15, -0.1) is 0 Å². The van der Waals surface area contributed by atoms with Gasteiger partial charge in [-0.25, -0.2) is 4.98 Å². The molecule has 2 heterocycles. The van der Waals surface area contributed by atoms with Gasteiger partial charge in [0.1, 0.15) is 0 Å². The quantitative estimate of drug-likeness (QED) is 0.671. The zero-order chi connectivity index (χ0) is 15.1. The Labute approximate surface area is 127 Å². The SMILES string of the molecule is O=[N+]([O-])c1ccc2nc(NC3CCCC4OCCC34)[nH]c2c1. The Morgan fingerprint density at radius 1 is 1.36 bits per heavy atom. The number of rotatable bonds is 3. The van der Waals surface area contributed by atoms with Crippen LogP contribution in [0.1, 0.15) is 25.7 Å². The van der Waals surface area contributed by atoms with E-state index < -0.39 is 4.92 Å². The van der Waals surface area contributed by atoms with E-state index >= 15 is 0 Å². The number of non-ortho nitro benzene ring substituents is 1. The molecule has 2 aliphatic rings. The van der Waals surface area contributed by atoms with E-state index in [2.05, 4.69) is 15.3 Å². The number of benzene rings is 1. The Morgan fingerprint density at radius 2 is 2.27 bits per heavy atom. The molecular weight excluding hydrogens is 284 g/mol. The second-order valence-electron chi connectivity index (χ2n) is 6.09. The summed E-state index contributed by atoms with van der Waals surface area (Å²) in [5.74, 6) is 1.23. The molecule has 4 rings (SSSR count). The summed E-state index contributed by atoms with van der Waals surface area (Å²) in [5, 5.41) is 14.3. The van der Waals surface area contributed by atoms with Crippen LogP contribution in [-0.2, 0) is 4.74 Å². The lowest BCUT2D eigenvalue weighted by molar-refractivity contribution is -0.384. The van der Waals surface area contributed by atoms with E-state index in [0.29, 0.717) is 29.5 Å². The van der Waals surface area contributed by atoms with Gasteiger partial charge in [-0.05, 0) is 31.7 Å². The Kier molecular flexibility index (Phi) is 3.22. The molecule has 7 heteroatoms. The lowest BCUT2D eigenvalue weighted by atomic mass is 9.82. The molecule has 1 aliphatic carbocycles. The summed E-state index contributed by atoms with van der Waals surface area (Å²) < 4.78 is 5.78. The molecule has 116 valence electrons. The van der Waals surface area contributed by atoms with Crippen LogP contribution in [0.4, 0.5) is 11.6 Å². The Balaban J connectivity index is 1.57. The molecule has 2 aromatic rings. The van der Waals surface area contributed by atoms with Crippen molar-refractivity contribution >= 4 is 22.7 Å². The summed E-state index contributed by atoms with van der Waals surface area (Å²) in [6, 6.07) is 5.04. The van der Waals surface area contributed by atoms with E-state index in [1.54, 1.807) is 6.07 Å². The lowest BCUT2D eigenvalue weighted by Gasteiger charge is -2.33. The van der Waals surface area contributed by atoms with Gasteiger partial charge in [-0.1, -0.05) is 0 Å². The molecule has 0 radical (unpaired) electrons. The maximum atomic E-state index is 10.8. The van der Waals surface area contributed by atoms with Crippen LogP contribution in [0.15, 0.2) is 18.2 Å². The van der Waals surface area contributed by atoms with Crippen LogP contribution in [0.25, 0.3) is 11.0 Å². The number of nitro benzene ring substituents is 1. The van der Waals surface area contributed by atoms with Gasteiger partial charge in [-0.2, -0.15) is 0 Å². The molecule has 1 saturated heterocycles. The molecule has 22 heavy (non-hydrogen) atoms. The van der Waals surface area contributed by atoms with Crippen LogP contribution < -0.4 is 5.32 Å². The van der Waals surface area contributed by atoms with Gasteiger partial charge in [0, 0.05) is 30.7 Å². The van der Waals surface area contributed by atoms with Crippen molar-refractivity contribution < 1.29 is 9.66 Å². The fourth-order valence-corrected chi connectivity index (χ4v) is 3.71. The number of H-pyrrole nitrogens is 1. The average Bonchev–Trinajstić information content (AvgIpc) is 3.12. The standard InChI is InChI=1S/C15H18N4O3/c20-19(21)9-4-5-12-13(8-9)18-15(17-12)16-11-2-1-3-14-10(11)6-7-22-14/h4-5,8,10-11,14H,1-3,6-7H2,(H2,16,17,18). The number of hydrogen-bond acceptors (Lipinski definition) is 5. The van der Waals surface area contributed by atoms with E-state index in [1.807, 2.05) is 0 Å². The summed E-state index contributed by atoms with van der Waals surface area (Å²) in [6.07, 6.45) is 4.88. The summed E-state index contributed by atoms with van der Waals surface area (Å²) in [7, 11) is 0. The lowest BCUT2D eigenvalue weighted by Crippen LogP contribution is -2.38. The van der Waals surface area contributed by atoms with Crippen LogP contribution >= 0.6 is 0 Å². The first kappa shape index (κ1) is 13.5. The monoisotopic (exact) mass is 302 g/mol. The van der Waals surface area contributed by atoms with Crippen molar-refractivity contribution in [2.45, 2.75) is 37.8 Å². The highest BCUT2D eigenvalue weighted by molar-refractivity contribution is 5.79. The number of hydrogen-bond donors (Lipinski definition) is 2. The van der Waals surface area contributed by atoms with Crippen molar-refractivity contribution in [3.63, 3.8) is 0 Å². The van der Waals surface area contributed by atoms with Gasteiger partial charge in [0.25, 0.3) is 5.69 Å². The van der Waals surface area contributed by atoms with Gasteiger partial charge in [0.2, 0.25) is 5.95 Å². The molecule has 1 aromatic heterocycles. The van der Waals surface area contributed by atoms with Crippen molar-refractivity contribution in [2.75, 3.05) is 11.9 Å². The van der Waals surface area contributed by atoms with Crippen molar-refractivity contribution in [1.82, 2.24) is 9.97 Å². The van der Waals surface area contributed by atoms with Gasteiger partial charge in [0.05, 0.1) is 22.1 Å².